The van der Waals surface area contributed by atoms with Crippen LogP contribution in [0.5, 0.6) is 0 Å². The first-order valence-electron chi connectivity index (χ1n) is 12.5. The summed E-state index contributed by atoms with van der Waals surface area (Å²) in [6, 6.07) is 15.1. The van der Waals surface area contributed by atoms with Gasteiger partial charge in [-0.3, -0.25) is 14.9 Å². The number of non-ortho nitro benzene ring substituents is 1. The molecule has 11 heteroatoms. The summed E-state index contributed by atoms with van der Waals surface area (Å²) < 4.78 is 42.5. The predicted molar refractivity (Wildman–Crippen MR) is 140 cm³/mol. The summed E-state index contributed by atoms with van der Waals surface area (Å²) in [7, 11) is 0. The molecule has 1 unspecified atom stereocenters. The van der Waals surface area contributed by atoms with Crippen LogP contribution in [-0.2, 0) is 11.0 Å². The fourth-order valence-electron chi connectivity index (χ4n) is 5.06. The summed E-state index contributed by atoms with van der Waals surface area (Å²) in [6.07, 6.45) is -1.08. The molecule has 0 N–H and O–H groups in total. The van der Waals surface area contributed by atoms with Crippen molar-refractivity contribution in [1.29, 1.82) is 0 Å². The van der Waals surface area contributed by atoms with Crippen molar-refractivity contribution >= 4 is 22.9 Å². The molecule has 3 heterocycles. The summed E-state index contributed by atoms with van der Waals surface area (Å²) >= 11 is 0. The number of alkyl halides is 3. The molecule has 1 saturated heterocycles. The minimum atomic E-state index is -4.51. The maximum atomic E-state index is 13.5. The van der Waals surface area contributed by atoms with Crippen molar-refractivity contribution in [2.45, 2.75) is 25.4 Å². The number of aromatic nitrogens is 2. The number of carbonyl (C=O) groups is 1. The van der Waals surface area contributed by atoms with Crippen LogP contribution in [0.3, 0.4) is 0 Å². The summed E-state index contributed by atoms with van der Waals surface area (Å²) in [5, 5.41) is 10.9. The van der Waals surface area contributed by atoms with Gasteiger partial charge in [0.1, 0.15) is 5.65 Å². The third-order valence-corrected chi connectivity index (χ3v) is 7.17. The van der Waals surface area contributed by atoms with Gasteiger partial charge >= 0.3 is 6.18 Å². The van der Waals surface area contributed by atoms with Gasteiger partial charge in [-0.15, -0.1) is 0 Å². The molecule has 2 aromatic carbocycles. The van der Waals surface area contributed by atoms with E-state index >= 15 is 0 Å². The smallest absolute Gasteiger partial charge is 0.368 e. The fraction of sp³-hybridized carbons (Fsp3) is 0.286. The number of pyridine rings is 1. The molecule has 0 radical (unpaired) electrons. The molecule has 1 aliphatic rings. The van der Waals surface area contributed by atoms with E-state index < -0.39 is 22.6 Å². The van der Waals surface area contributed by atoms with Gasteiger partial charge in [0.2, 0.25) is 5.91 Å². The lowest BCUT2D eigenvalue weighted by molar-refractivity contribution is -0.384. The van der Waals surface area contributed by atoms with E-state index in [1.807, 2.05) is 28.4 Å². The van der Waals surface area contributed by atoms with Crippen molar-refractivity contribution in [2.24, 2.45) is 0 Å². The third-order valence-electron chi connectivity index (χ3n) is 7.17. The van der Waals surface area contributed by atoms with E-state index in [-0.39, 0.29) is 18.0 Å². The first-order chi connectivity index (χ1) is 18.6. The predicted octanol–water partition coefficient (Wildman–Crippen LogP) is 5.44. The van der Waals surface area contributed by atoms with Crippen molar-refractivity contribution in [3.05, 3.63) is 106 Å². The molecule has 0 spiro atoms. The molecule has 4 aromatic rings. The summed E-state index contributed by atoms with van der Waals surface area (Å²) in [6.45, 7) is 3.83. The Balaban J connectivity index is 1.38. The highest BCUT2D eigenvalue weighted by Gasteiger charge is 2.33. The highest BCUT2D eigenvalue weighted by Crippen LogP contribution is 2.35. The average Bonchev–Trinajstić information content (AvgIpc) is 3.36. The van der Waals surface area contributed by atoms with Crippen LogP contribution in [0.25, 0.3) is 5.65 Å². The number of nitro benzene ring substituents is 1. The quantitative estimate of drug-likeness (QED) is 0.242. The highest BCUT2D eigenvalue weighted by molar-refractivity contribution is 5.78. The molecular formula is C28H26F3N5O3. The number of imidazole rings is 1. The van der Waals surface area contributed by atoms with Gasteiger partial charge in [0.25, 0.3) is 5.69 Å². The monoisotopic (exact) mass is 537 g/mol. The van der Waals surface area contributed by atoms with E-state index in [1.54, 1.807) is 35.5 Å². The van der Waals surface area contributed by atoms with Crippen molar-refractivity contribution in [3.8, 4) is 0 Å². The Morgan fingerprint density at radius 3 is 2.44 bits per heavy atom. The number of carbonyl (C=O) groups excluding carboxylic acids is 1. The molecular weight excluding hydrogens is 511 g/mol. The maximum absolute atomic E-state index is 13.5. The molecule has 1 aliphatic heterocycles. The largest absolute Gasteiger partial charge is 0.416 e. The van der Waals surface area contributed by atoms with E-state index in [2.05, 4.69) is 4.98 Å². The minimum absolute atomic E-state index is 0.00999. The summed E-state index contributed by atoms with van der Waals surface area (Å²) in [5.74, 6) is -0.798. The first-order valence-corrected chi connectivity index (χ1v) is 12.5. The van der Waals surface area contributed by atoms with Crippen LogP contribution < -0.4 is 4.90 Å². The Labute approximate surface area is 222 Å². The first kappa shape index (κ1) is 26.2. The van der Waals surface area contributed by atoms with E-state index in [0.717, 1.165) is 23.4 Å². The molecule has 2 aromatic heterocycles. The zero-order chi connectivity index (χ0) is 27.7. The number of amides is 1. The van der Waals surface area contributed by atoms with Gasteiger partial charge in [0.15, 0.2) is 0 Å². The van der Waals surface area contributed by atoms with Crippen molar-refractivity contribution in [3.63, 3.8) is 0 Å². The molecule has 1 fully saturated rings. The average molecular weight is 538 g/mol. The third kappa shape index (κ3) is 5.43. The number of hydrogen-bond acceptors (Lipinski definition) is 5. The maximum Gasteiger partial charge on any atom is 0.416 e. The highest BCUT2D eigenvalue weighted by atomic mass is 19.4. The lowest BCUT2D eigenvalue weighted by Gasteiger charge is -2.36. The summed E-state index contributed by atoms with van der Waals surface area (Å²) in [4.78, 5) is 32.2. The van der Waals surface area contributed by atoms with Gasteiger partial charge in [0.05, 0.1) is 16.2 Å². The number of fused-ring (bicyclic) bond motifs is 1. The Kier molecular flexibility index (Phi) is 6.98. The lowest BCUT2D eigenvalue weighted by Crippen LogP contribution is -2.49. The Morgan fingerprint density at radius 2 is 1.77 bits per heavy atom. The zero-order valence-electron chi connectivity index (χ0n) is 21.1. The summed E-state index contributed by atoms with van der Waals surface area (Å²) in [5.41, 5.74) is 2.72. The van der Waals surface area contributed by atoms with Crippen LogP contribution >= 0.6 is 0 Å². The number of anilines is 1. The zero-order valence-corrected chi connectivity index (χ0v) is 21.1. The lowest BCUT2D eigenvalue weighted by atomic mass is 9.90. The molecule has 0 bridgehead atoms. The molecule has 1 atom stereocenters. The van der Waals surface area contributed by atoms with Gasteiger partial charge in [0, 0.05) is 68.7 Å². The second-order valence-corrected chi connectivity index (χ2v) is 9.59. The number of nitrogens with zero attached hydrogens (tertiary/aromatic N) is 5. The Bertz CT molecular complexity index is 1510. The molecule has 1 amide bonds. The number of benzene rings is 2. The van der Waals surface area contributed by atoms with Crippen LogP contribution in [0.2, 0.25) is 0 Å². The molecule has 0 aliphatic carbocycles. The van der Waals surface area contributed by atoms with Gasteiger partial charge in [-0.05, 0) is 42.3 Å². The van der Waals surface area contributed by atoms with Crippen molar-refractivity contribution < 1.29 is 22.9 Å². The standard InChI is InChI=1S/C28H26F3N5O3/c1-19-4-3-11-35-25(18-32-27(19)35)24(20-5-2-6-21(16-20)28(29,30)31)17-26(37)34-14-12-33(13-15-34)22-7-9-23(10-8-22)36(38)39/h2-11,16,18,24H,12-15,17H2,1H3. The minimum Gasteiger partial charge on any atom is -0.368 e. The number of aryl methyl sites for hydroxylation is 1. The Morgan fingerprint density at radius 1 is 1.05 bits per heavy atom. The second kappa shape index (κ2) is 10.4. The number of halogens is 3. The number of rotatable bonds is 6. The van der Waals surface area contributed by atoms with Gasteiger partial charge < -0.3 is 14.2 Å². The normalized spacial score (nSPS) is 15.0. The van der Waals surface area contributed by atoms with Crippen molar-refractivity contribution in [1.82, 2.24) is 14.3 Å². The van der Waals surface area contributed by atoms with Crippen LogP contribution in [-0.4, -0.2) is 51.3 Å². The van der Waals surface area contributed by atoms with Crippen LogP contribution in [0.1, 0.15) is 34.7 Å². The van der Waals surface area contributed by atoms with Gasteiger partial charge in [-0.2, -0.15) is 13.2 Å². The van der Waals surface area contributed by atoms with Crippen molar-refractivity contribution in [2.75, 3.05) is 31.1 Å². The van der Waals surface area contributed by atoms with E-state index in [9.17, 15) is 28.1 Å². The topological polar surface area (TPSA) is 84.0 Å². The second-order valence-electron chi connectivity index (χ2n) is 9.59. The number of nitro groups is 1. The Hall–Kier alpha value is -4.41. The molecule has 202 valence electrons. The van der Waals surface area contributed by atoms with Crippen LogP contribution in [0.15, 0.2) is 73.1 Å². The molecule has 0 saturated carbocycles. The van der Waals surface area contributed by atoms with E-state index in [0.29, 0.717) is 43.1 Å². The van der Waals surface area contributed by atoms with E-state index in [1.165, 1.54) is 18.2 Å². The van der Waals surface area contributed by atoms with Gasteiger partial charge in [-0.25, -0.2) is 4.98 Å². The number of hydrogen-bond donors (Lipinski definition) is 0. The van der Waals surface area contributed by atoms with Crippen LogP contribution in [0, 0.1) is 17.0 Å². The number of piperazine rings is 1. The fourth-order valence-corrected chi connectivity index (χ4v) is 5.06. The van der Waals surface area contributed by atoms with Gasteiger partial charge in [-0.1, -0.05) is 24.3 Å². The molecule has 5 rings (SSSR count). The molecule has 39 heavy (non-hydrogen) atoms. The molecule has 8 nitrogen and oxygen atoms in total. The van der Waals surface area contributed by atoms with E-state index in [4.69, 9.17) is 0 Å². The van der Waals surface area contributed by atoms with Crippen LogP contribution in [0.4, 0.5) is 24.5 Å². The SMILES string of the molecule is Cc1cccn2c(C(CC(=O)N3CCN(c4ccc([N+](=O)[O-])cc4)CC3)c3cccc(C(F)(F)F)c3)cnc12.